The third-order valence-electron chi connectivity index (χ3n) is 1.92. The number of benzene rings is 1. The van der Waals surface area contributed by atoms with E-state index in [0.29, 0.717) is 9.47 Å². The van der Waals surface area contributed by atoms with Crippen LogP contribution >= 0.6 is 31.9 Å². The van der Waals surface area contributed by atoms with Gasteiger partial charge in [0.2, 0.25) is 9.47 Å². The lowest BCUT2D eigenvalue weighted by atomic mass is 10.2. The minimum absolute atomic E-state index is 0.198. The summed E-state index contributed by atoms with van der Waals surface area (Å²) < 4.78 is 6.73. The number of hydrogen-bond donors (Lipinski definition) is 0. The molecule has 0 radical (unpaired) electrons. The van der Waals surface area contributed by atoms with Crippen molar-refractivity contribution in [3.05, 3.63) is 45.4 Å². The maximum atomic E-state index is 11.6. The Bertz CT molecular complexity index is 528. The van der Waals surface area contributed by atoms with Crippen LogP contribution in [0.5, 0.6) is 0 Å². The fourth-order valence-electron chi connectivity index (χ4n) is 1.17. The van der Waals surface area contributed by atoms with Crippen LogP contribution in [-0.4, -0.2) is 20.9 Å². The van der Waals surface area contributed by atoms with Crippen molar-refractivity contribution in [1.29, 1.82) is 0 Å². The van der Waals surface area contributed by atoms with E-state index in [4.69, 9.17) is 4.74 Å². The van der Waals surface area contributed by atoms with Gasteiger partial charge in [0.15, 0.2) is 0 Å². The predicted molar refractivity (Wildman–Crippen MR) is 67.4 cm³/mol. The molecule has 0 saturated heterocycles. The largest absolute Gasteiger partial charge is 0.443 e. The summed E-state index contributed by atoms with van der Waals surface area (Å²) in [6, 6.07) is 9.41. The van der Waals surface area contributed by atoms with Gasteiger partial charge in [0, 0.05) is 0 Å². The standard InChI is InChI=1S/C10H7Br2N3O2/c11-8-13-9(12)15(14-8)10(16)17-6-7-4-2-1-3-5-7/h1-5H,6H2. The first-order valence-electron chi connectivity index (χ1n) is 4.66. The molecule has 0 unspecified atom stereocenters. The second kappa shape index (κ2) is 5.42. The van der Waals surface area contributed by atoms with E-state index < -0.39 is 6.09 Å². The molecule has 0 aliphatic rings. The summed E-state index contributed by atoms with van der Waals surface area (Å²) in [5, 5.41) is 3.82. The zero-order valence-electron chi connectivity index (χ0n) is 8.51. The average molecular weight is 361 g/mol. The zero-order chi connectivity index (χ0) is 12.3. The summed E-state index contributed by atoms with van der Waals surface area (Å²) >= 11 is 6.17. The van der Waals surface area contributed by atoms with Crippen LogP contribution in [0.4, 0.5) is 4.79 Å². The van der Waals surface area contributed by atoms with Gasteiger partial charge in [-0.15, -0.1) is 9.78 Å². The van der Waals surface area contributed by atoms with Crippen LogP contribution in [0.1, 0.15) is 5.56 Å². The topological polar surface area (TPSA) is 57.0 Å². The highest BCUT2D eigenvalue weighted by molar-refractivity contribution is 9.11. The zero-order valence-corrected chi connectivity index (χ0v) is 11.7. The Labute approximate surface area is 114 Å². The molecule has 0 saturated carbocycles. The lowest BCUT2D eigenvalue weighted by molar-refractivity contribution is 0.137. The molecule has 0 fully saturated rings. The number of ether oxygens (including phenoxy) is 1. The molecule has 5 nitrogen and oxygen atoms in total. The second-order valence-corrected chi connectivity index (χ2v) is 4.52. The van der Waals surface area contributed by atoms with E-state index in [9.17, 15) is 4.79 Å². The van der Waals surface area contributed by atoms with E-state index >= 15 is 0 Å². The Balaban J connectivity index is 2.01. The smallest absolute Gasteiger partial charge is 0.437 e. The number of nitrogens with zero attached hydrogens (tertiary/aromatic N) is 3. The predicted octanol–water partition coefficient (Wildman–Crippen LogP) is 2.99. The molecule has 0 aliphatic carbocycles. The first-order chi connectivity index (χ1) is 8.16. The minimum atomic E-state index is -0.584. The first-order valence-corrected chi connectivity index (χ1v) is 6.24. The molecule has 0 aliphatic heterocycles. The molecule has 2 aromatic rings. The molecule has 2 rings (SSSR count). The molecule has 0 amide bonds. The monoisotopic (exact) mass is 359 g/mol. The molecule has 1 aromatic carbocycles. The lowest BCUT2D eigenvalue weighted by Crippen LogP contribution is -2.15. The Morgan fingerprint density at radius 2 is 2.00 bits per heavy atom. The van der Waals surface area contributed by atoms with Crippen LogP contribution in [0.15, 0.2) is 39.8 Å². The SMILES string of the molecule is O=C(OCc1ccccc1)n1nc(Br)nc1Br. The fourth-order valence-corrected chi connectivity index (χ4v) is 2.12. The van der Waals surface area contributed by atoms with Gasteiger partial charge >= 0.3 is 6.09 Å². The van der Waals surface area contributed by atoms with Crippen molar-refractivity contribution in [2.75, 3.05) is 0 Å². The van der Waals surface area contributed by atoms with Gasteiger partial charge in [-0.3, -0.25) is 0 Å². The molecule has 1 aromatic heterocycles. The molecule has 88 valence electrons. The fraction of sp³-hybridized carbons (Fsp3) is 0.100. The third-order valence-corrected chi connectivity index (χ3v) is 2.77. The normalized spacial score (nSPS) is 10.2. The first kappa shape index (κ1) is 12.3. The number of carbonyl (C=O) groups is 1. The molecule has 0 atom stereocenters. The molecule has 0 N–H and O–H groups in total. The average Bonchev–Trinajstić information content (AvgIpc) is 2.67. The van der Waals surface area contributed by atoms with Gasteiger partial charge in [-0.05, 0) is 37.4 Å². The summed E-state index contributed by atoms with van der Waals surface area (Å²) in [4.78, 5) is 15.5. The summed E-state index contributed by atoms with van der Waals surface area (Å²) in [6.45, 7) is 0.198. The third kappa shape index (κ3) is 3.13. The van der Waals surface area contributed by atoms with Crippen LogP contribution in [0.25, 0.3) is 0 Å². The van der Waals surface area contributed by atoms with Crippen molar-refractivity contribution in [2.45, 2.75) is 6.61 Å². The van der Waals surface area contributed by atoms with Gasteiger partial charge in [-0.1, -0.05) is 30.3 Å². The molecule has 0 spiro atoms. The Morgan fingerprint density at radius 3 is 2.59 bits per heavy atom. The van der Waals surface area contributed by atoms with Crippen molar-refractivity contribution in [1.82, 2.24) is 14.8 Å². The molecule has 1 heterocycles. The van der Waals surface area contributed by atoms with Crippen LogP contribution in [-0.2, 0) is 11.3 Å². The van der Waals surface area contributed by atoms with E-state index in [1.807, 2.05) is 30.3 Å². The van der Waals surface area contributed by atoms with Crippen LogP contribution in [0, 0.1) is 0 Å². The van der Waals surface area contributed by atoms with Crippen LogP contribution < -0.4 is 0 Å². The van der Waals surface area contributed by atoms with Crippen molar-refractivity contribution >= 4 is 38.0 Å². The van der Waals surface area contributed by atoms with Crippen molar-refractivity contribution in [2.24, 2.45) is 0 Å². The Kier molecular flexibility index (Phi) is 3.90. The van der Waals surface area contributed by atoms with Gasteiger partial charge in [-0.25, -0.2) is 4.79 Å². The van der Waals surface area contributed by atoms with E-state index in [-0.39, 0.29) is 6.61 Å². The maximum Gasteiger partial charge on any atom is 0.437 e. The van der Waals surface area contributed by atoms with Crippen LogP contribution in [0.2, 0.25) is 0 Å². The van der Waals surface area contributed by atoms with Crippen molar-refractivity contribution in [3.8, 4) is 0 Å². The highest BCUT2D eigenvalue weighted by Gasteiger charge is 2.14. The lowest BCUT2D eigenvalue weighted by Gasteiger charge is -2.04. The summed E-state index contributed by atoms with van der Waals surface area (Å²) in [5.74, 6) is 0. The van der Waals surface area contributed by atoms with Gasteiger partial charge in [0.1, 0.15) is 6.61 Å². The van der Waals surface area contributed by atoms with Gasteiger partial charge < -0.3 is 4.74 Å². The number of hydrogen-bond acceptors (Lipinski definition) is 4. The van der Waals surface area contributed by atoms with Gasteiger partial charge in [0.25, 0.3) is 0 Å². The molecular weight excluding hydrogens is 354 g/mol. The number of rotatable bonds is 2. The van der Waals surface area contributed by atoms with E-state index in [2.05, 4.69) is 41.9 Å². The number of carbonyl (C=O) groups excluding carboxylic acids is 1. The number of aromatic nitrogens is 3. The molecule has 7 heteroatoms. The summed E-state index contributed by atoms with van der Waals surface area (Å²) in [5.41, 5.74) is 0.913. The molecule has 17 heavy (non-hydrogen) atoms. The van der Waals surface area contributed by atoms with E-state index in [1.54, 1.807) is 0 Å². The van der Waals surface area contributed by atoms with Crippen molar-refractivity contribution in [3.63, 3.8) is 0 Å². The van der Waals surface area contributed by atoms with Gasteiger partial charge in [0.05, 0.1) is 0 Å². The quantitative estimate of drug-likeness (QED) is 0.826. The Morgan fingerprint density at radius 1 is 1.29 bits per heavy atom. The molecular formula is C10H7Br2N3O2. The molecule has 0 bridgehead atoms. The van der Waals surface area contributed by atoms with E-state index in [1.165, 1.54) is 0 Å². The summed E-state index contributed by atoms with van der Waals surface area (Å²) in [7, 11) is 0. The maximum absolute atomic E-state index is 11.6. The highest BCUT2D eigenvalue weighted by Crippen LogP contribution is 2.12. The minimum Gasteiger partial charge on any atom is -0.443 e. The Hall–Kier alpha value is -1.21. The highest BCUT2D eigenvalue weighted by atomic mass is 79.9. The van der Waals surface area contributed by atoms with Crippen molar-refractivity contribution < 1.29 is 9.53 Å². The summed E-state index contributed by atoms with van der Waals surface area (Å²) in [6.07, 6.45) is -0.584. The van der Waals surface area contributed by atoms with Crippen LogP contribution in [0.3, 0.4) is 0 Å². The second-order valence-electron chi connectivity index (χ2n) is 3.10. The number of halogens is 2. The van der Waals surface area contributed by atoms with E-state index in [0.717, 1.165) is 10.2 Å². The van der Waals surface area contributed by atoms with Gasteiger partial charge in [-0.2, -0.15) is 4.98 Å².